The summed E-state index contributed by atoms with van der Waals surface area (Å²) in [5.41, 5.74) is 7.13. The first-order valence-corrected chi connectivity index (χ1v) is 6.17. The van der Waals surface area contributed by atoms with Crippen LogP contribution in [0.2, 0.25) is 0 Å². The molecule has 6 nitrogen and oxygen atoms in total. The monoisotopic (exact) mass is 263 g/mol. The standard InChI is InChI=1S/C11H13N5OS/c1-16(6-8-2-5-18-7-8)11-9(10(12)15-17)13-3-4-14-11/h2-5,7,17H,6H2,1H3,(H2,12,15). The molecule has 0 fully saturated rings. The SMILES string of the molecule is CN(Cc1ccsc1)c1nccnc1C(N)=NO. The second-order valence-electron chi connectivity index (χ2n) is 3.70. The summed E-state index contributed by atoms with van der Waals surface area (Å²) in [7, 11) is 1.88. The van der Waals surface area contributed by atoms with Crippen LogP contribution in [0.25, 0.3) is 0 Å². The van der Waals surface area contributed by atoms with Gasteiger partial charge >= 0.3 is 0 Å². The molecule has 2 aromatic rings. The van der Waals surface area contributed by atoms with Crippen molar-refractivity contribution in [2.45, 2.75) is 6.54 Å². The zero-order valence-electron chi connectivity index (χ0n) is 9.82. The highest BCUT2D eigenvalue weighted by Gasteiger charge is 2.14. The van der Waals surface area contributed by atoms with Gasteiger partial charge in [0.25, 0.3) is 0 Å². The highest BCUT2D eigenvalue weighted by atomic mass is 32.1. The van der Waals surface area contributed by atoms with E-state index in [1.54, 1.807) is 17.5 Å². The normalized spacial score (nSPS) is 11.5. The number of anilines is 1. The summed E-state index contributed by atoms with van der Waals surface area (Å²) in [6.45, 7) is 0.688. The summed E-state index contributed by atoms with van der Waals surface area (Å²) >= 11 is 1.64. The van der Waals surface area contributed by atoms with Crippen LogP contribution in [0.3, 0.4) is 0 Å². The Balaban J connectivity index is 2.27. The molecule has 2 rings (SSSR count). The van der Waals surface area contributed by atoms with Crippen molar-refractivity contribution in [3.05, 3.63) is 40.5 Å². The van der Waals surface area contributed by atoms with E-state index in [-0.39, 0.29) is 5.84 Å². The highest BCUT2D eigenvalue weighted by Crippen LogP contribution is 2.17. The molecule has 0 amide bonds. The van der Waals surface area contributed by atoms with Gasteiger partial charge in [-0.3, -0.25) is 0 Å². The van der Waals surface area contributed by atoms with Crippen molar-refractivity contribution < 1.29 is 5.21 Å². The Morgan fingerprint density at radius 1 is 1.50 bits per heavy atom. The zero-order valence-corrected chi connectivity index (χ0v) is 10.6. The minimum Gasteiger partial charge on any atom is -0.409 e. The smallest absolute Gasteiger partial charge is 0.192 e. The van der Waals surface area contributed by atoms with E-state index in [0.717, 1.165) is 0 Å². The molecule has 0 aromatic carbocycles. The van der Waals surface area contributed by atoms with Gasteiger partial charge in [0.2, 0.25) is 0 Å². The lowest BCUT2D eigenvalue weighted by atomic mass is 10.3. The summed E-state index contributed by atoms with van der Waals surface area (Å²) in [5.74, 6) is 0.536. The largest absolute Gasteiger partial charge is 0.409 e. The van der Waals surface area contributed by atoms with Gasteiger partial charge in [0.15, 0.2) is 17.3 Å². The number of nitrogens with two attached hydrogens (primary N) is 1. The molecule has 7 heteroatoms. The number of oxime groups is 1. The lowest BCUT2D eigenvalue weighted by Gasteiger charge is -2.19. The van der Waals surface area contributed by atoms with Gasteiger partial charge in [0.05, 0.1) is 0 Å². The van der Waals surface area contributed by atoms with Crippen molar-refractivity contribution in [1.82, 2.24) is 9.97 Å². The molecule has 0 atom stereocenters. The van der Waals surface area contributed by atoms with E-state index >= 15 is 0 Å². The van der Waals surface area contributed by atoms with E-state index < -0.39 is 0 Å². The Morgan fingerprint density at radius 2 is 2.28 bits per heavy atom. The van der Waals surface area contributed by atoms with Crippen molar-refractivity contribution in [3.8, 4) is 0 Å². The molecule has 0 aliphatic rings. The molecule has 0 aliphatic heterocycles. The maximum atomic E-state index is 8.73. The molecule has 94 valence electrons. The Hall–Kier alpha value is -2.15. The van der Waals surface area contributed by atoms with Gasteiger partial charge in [0.1, 0.15) is 0 Å². The fourth-order valence-electron chi connectivity index (χ4n) is 1.57. The van der Waals surface area contributed by atoms with Gasteiger partial charge < -0.3 is 15.8 Å². The molecule has 0 radical (unpaired) electrons. The summed E-state index contributed by atoms with van der Waals surface area (Å²) < 4.78 is 0. The fraction of sp³-hybridized carbons (Fsp3) is 0.182. The lowest BCUT2D eigenvalue weighted by Crippen LogP contribution is -2.24. The number of hydrogen-bond donors (Lipinski definition) is 2. The Bertz CT molecular complexity index is 540. The van der Waals surface area contributed by atoms with Crippen LogP contribution in [-0.4, -0.2) is 28.1 Å². The van der Waals surface area contributed by atoms with Gasteiger partial charge in [0, 0.05) is 26.0 Å². The van der Waals surface area contributed by atoms with Crippen LogP contribution < -0.4 is 10.6 Å². The number of amidine groups is 1. The van der Waals surface area contributed by atoms with Crippen LogP contribution in [-0.2, 0) is 6.54 Å². The third kappa shape index (κ3) is 2.57. The first-order chi connectivity index (χ1) is 8.72. The molecule has 2 heterocycles. The van der Waals surface area contributed by atoms with Crippen LogP contribution >= 0.6 is 11.3 Å². The molecule has 18 heavy (non-hydrogen) atoms. The average molecular weight is 263 g/mol. The van der Waals surface area contributed by atoms with Gasteiger partial charge in [-0.15, -0.1) is 0 Å². The van der Waals surface area contributed by atoms with E-state index in [9.17, 15) is 0 Å². The summed E-state index contributed by atoms with van der Waals surface area (Å²) in [5, 5.41) is 15.8. The minimum atomic E-state index is -0.0460. The second-order valence-corrected chi connectivity index (χ2v) is 4.48. The maximum absolute atomic E-state index is 8.73. The van der Waals surface area contributed by atoms with E-state index in [1.807, 2.05) is 23.4 Å². The second kappa shape index (κ2) is 5.46. The van der Waals surface area contributed by atoms with Crippen molar-refractivity contribution in [1.29, 1.82) is 0 Å². The first kappa shape index (κ1) is 12.3. The van der Waals surface area contributed by atoms with Gasteiger partial charge in [-0.05, 0) is 22.4 Å². The molecule has 2 aromatic heterocycles. The molecular weight excluding hydrogens is 250 g/mol. The van der Waals surface area contributed by atoms with Crippen LogP contribution in [0.4, 0.5) is 5.82 Å². The molecule has 3 N–H and O–H groups in total. The number of aromatic nitrogens is 2. The van der Waals surface area contributed by atoms with E-state index in [4.69, 9.17) is 10.9 Å². The number of hydrogen-bond acceptors (Lipinski definition) is 6. The number of thiophene rings is 1. The Kier molecular flexibility index (Phi) is 3.73. The highest BCUT2D eigenvalue weighted by molar-refractivity contribution is 7.07. The summed E-state index contributed by atoms with van der Waals surface area (Å²) in [4.78, 5) is 10.2. The summed E-state index contributed by atoms with van der Waals surface area (Å²) in [6, 6.07) is 2.04. The van der Waals surface area contributed by atoms with E-state index in [2.05, 4.69) is 20.5 Å². The van der Waals surface area contributed by atoms with Crippen molar-refractivity contribution in [2.75, 3.05) is 11.9 Å². The average Bonchev–Trinajstić information content (AvgIpc) is 2.90. The predicted molar refractivity (Wildman–Crippen MR) is 71.0 cm³/mol. The van der Waals surface area contributed by atoms with E-state index in [1.165, 1.54) is 11.8 Å². The molecular formula is C11H13N5OS. The molecule has 0 aliphatic carbocycles. The van der Waals surface area contributed by atoms with Crippen LogP contribution in [0.15, 0.2) is 34.4 Å². The third-order valence-corrected chi connectivity index (χ3v) is 3.12. The molecule has 0 unspecified atom stereocenters. The van der Waals surface area contributed by atoms with Crippen molar-refractivity contribution in [2.24, 2.45) is 10.9 Å². The topological polar surface area (TPSA) is 87.6 Å². The lowest BCUT2D eigenvalue weighted by molar-refractivity contribution is 0.318. The summed E-state index contributed by atoms with van der Waals surface area (Å²) in [6.07, 6.45) is 3.09. The zero-order chi connectivity index (χ0) is 13.0. The fourth-order valence-corrected chi connectivity index (χ4v) is 2.23. The third-order valence-electron chi connectivity index (χ3n) is 2.39. The van der Waals surface area contributed by atoms with Crippen molar-refractivity contribution >= 4 is 23.0 Å². The number of rotatable bonds is 4. The molecule has 0 spiro atoms. The number of nitrogens with zero attached hydrogens (tertiary/aromatic N) is 4. The predicted octanol–water partition coefficient (Wildman–Crippen LogP) is 1.27. The molecule has 0 bridgehead atoms. The van der Waals surface area contributed by atoms with Crippen LogP contribution in [0.5, 0.6) is 0 Å². The molecule has 0 saturated heterocycles. The Morgan fingerprint density at radius 3 is 2.94 bits per heavy atom. The van der Waals surface area contributed by atoms with E-state index in [0.29, 0.717) is 18.1 Å². The van der Waals surface area contributed by atoms with Gasteiger partial charge in [-0.2, -0.15) is 11.3 Å². The van der Waals surface area contributed by atoms with Gasteiger partial charge in [-0.1, -0.05) is 5.16 Å². The van der Waals surface area contributed by atoms with Crippen LogP contribution in [0.1, 0.15) is 11.3 Å². The molecule has 0 saturated carbocycles. The maximum Gasteiger partial charge on any atom is 0.192 e. The minimum absolute atomic E-state index is 0.0460. The van der Waals surface area contributed by atoms with Gasteiger partial charge in [-0.25, -0.2) is 9.97 Å². The van der Waals surface area contributed by atoms with Crippen LogP contribution in [0, 0.1) is 0 Å². The Labute approximate surface area is 108 Å². The van der Waals surface area contributed by atoms with Crippen molar-refractivity contribution in [3.63, 3.8) is 0 Å². The first-order valence-electron chi connectivity index (χ1n) is 5.23. The quantitative estimate of drug-likeness (QED) is 0.375.